The maximum Gasteiger partial charge on any atom is 0.229 e. The SMILES string of the molecule is Cc1cc(Cl)ccc1Nc1nc(N2C[C@H](C)O[C@@H](C)C2)nc2nccnc12. The third-order valence-electron chi connectivity index (χ3n) is 4.46. The van der Waals surface area contributed by atoms with Crippen LogP contribution in [0, 0.1) is 6.92 Å². The van der Waals surface area contributed by atoms with Gasteiger partial charge in [-0.2, -0.15) is 9.97 Å². The number of nitrogens with one attached hydrogen (secondary N) is 1. The van der Waals surface area contributed by atoms with E-state index in [1.54, 1.807) is 12.4 Å². The molecule has 3 heterocycles. The lowest BCUT2D eigenvalue weighted by molar-refractivity contribution is -0.00569. The first kappa shape index (κ1) is 17.9. The highest BCUT2D eigenvalue weighted by Gasteiger charge is 2.25. The fourth-order valence-corrected chi connectivity index (χ4v) is 3.54. The number of aromatic nitrogens is 4. The van der Waals surface area contributed by atoms with Gasteiger partial charge in [-0.25, -0.2) is 9.97 Å². The molecular weight excluding hydrogens is 364 g/mol. The van der Waals surface area contributed by atoms with E-state index in [0.29, 0.717) is 28.0 Å². The summed E-state index contributed by atoms with van der Waals surface area (Å²) in [4.78, 5) is 20.3. The van der Waals surface area contributed by atoms with E-state index < -0.39 is 0 Å². The Morgan fingerprint density at radius 2 is 1.85 bits per heavy atom. The van der Waals surface area contributed by atoms with E-state index in [1.807, 2.05) is 25.1 Å². The van der Waals surface area contributed by atoms with Gasteiger partial charge in [0.25, 0.3) is 0 Å². The Hall–Kier alpha value is -2.51. The molecule has 1 aliphatic heterocycles. The topological polar surface area (TPSA) is 76.1 Å². The highest BCUT2D eigenvalue weighted by molar-refractivity contribution is 6.30. The number of morpholine rings is 1. The average Bonchev–Trinajstić information content (AvgIpc) is 2.63. The van der Waals surface area contributed by atoms with Crippen molar-refractivity contribution in [2.45, 2.75) is 33.0 Å². The monoisotopic (exact) mass is 384 g/mol. The van der Waals surface area contributed by atoms with E-state index in [2.05, 4.69) is 39.0 Å². The molecule has 3 aromatic rings. The van der Waals surface area contributed by atoms with Crippen LogP contribution in [0.4, 0.5) is 17.5 Å². The van der Waals surface area contributed by atoms with Crippen molar-refractivity contribution >= 4 is 40.2 Å². The lowest BCUT2D eigenvalue weighted by Crippen LogP contribution is -2.46. The summed E-state index contributed by atoms with van der Waals surface area (Å²) < 4.78 is 5.82. The molecular formula is C19H21ClN6O. The van der Waals surface area contributed by atoms with E-state index in [1.165, 1.54) is 0 Å². The van der Waals surface area contributed by atoms with Gasteiger partial charge in [0.1, 0.15) is 0 Å². The molecule has 1 aliphatic rings. The van der Waals surface area contributed by atoms with Crippen LogP contribution in [0.3, 0.4) is 0 Å². The zero-order valence-corrected chi connectivity index (χ0v) is 16.2. The zero-order chi connectivity index (χ0) is 19.0. The summed E-state index contributed by atoms with van der Waals surface area (Å²) in [6.07, 6.45) is 3.51. The van der Waals surface area contributed by atoms with Gasteiger partial charge in [-0.3, -0.25) is 0 Å². The first-order valence-electron chi connectivity index (χ1n) is 8.92. The van der Waals surface area contributed by atoms with Gasteiger partial charge in [0.2, 0.25) is 5.95 Å². The Kier molecular flexibility index (Phi) is 4.80. The number of rotatable bonds is 3. The summed E-state index contributed by atoms with van der Waals surface area (Å²) in [5.74, 6) is 1.25. The molecule has 1 fully saturated rings. The summed E-state index contributed by atoms with van der Waals surface area (Å²) in [6, 6.07) is 5.68. The van der Waals surface area contributed by atoms with Crippen molar-refractivity contribution in [3.63, 3.8) is 0 Å². The molecule has 7 nitrogen and oxygen atoms in total. The van der Waals surface area contributed by atoms with Gasteiger partial charge in [0, 0.05) is 36.2 Å². The maximum atomic E-state index is 6.07. The highest BCUT2D eigenvalue weighted by atomic mass is 35.5. The Morgan fingerprint density at radius 1 is 1.11 bits per heavy atom. The van der Waals surface area contributed by atoms with E-state index in [9.17, 15) is 0 Å². The van der Waals surface area contributed by atoms with Gasteiger partial charge in [0.05, 0.1) is 12.2 Å². The van der Waals surface area contributed by atoms with Crippen molar-refractivity contribution in [1.29, 1.82) is 0 Å². The van der Waals surface area contributed by atoms with E-state index in [-0.39, 0.29) is 12.2 Å². The second-order valence-electron chi connectivity index (χ2n) is 6.85. The van der Waals surface area contributed by atoms with Gasteiger partial charge in [-0.05, 0) is 44.5 Å². The molecule has 0 aliphatic carbocycles. The second kappa shape index (κ2) is 7.25. The lowest BCUT2D eigenvalue weighted by Gasteiger charge is -2.35. The van der Waals surface area contributed by atoms with E-state index in [4.69, 9.17) is 21.3 Å². The van der Waals surface area contributed by atoms with Gasteiger partial charge >= 0.3 is 0 Å². The first-order chi connectivity index (χ1) is 13.0. The molecule has 1 aromatic carbocycles. The highest BCUT2D eigenvalue weighted by Crippen LogP contribution is 2.28. The molecule has 27 heavy (non-hydrogen) atoms. The molecule has 1 N–H and O–H groups in total. The quantitative estimate of drug-likeness (QED) is 0.737. The van der Waals surface area contributed by atoms with Crippen LogP contribution in [0.25, 0.3) is 11.2 Å². The third-order valence-corrected chi connectivity index (χ3v) is 4.70. The number of fused-ring (bicyclic) bond motifs is 1. The molecule has 0 spiro atoms. The number of halogens is 1. The maximum absolute atomic E-state index is 6.07. The number of ether oxygens (including phenoxy) is 1. The first-order valence-corrected chi connectivity index (χ1v) is 9.30. The van der Waals surface area contributed by atoms with Crippen LogP contribution >= 0.6 is 11.6 Å². The molecule has 4 rings (SSSR count). The van der Waals surface area contributed by atoms with Gasteiger partial charge in [0.15, 0.2) is 17.0 Å². The predicted molar refractivity (Wildman–Crippen MR) is 107 cm³/mol. The minimum Gasteiger partial charge on any atom is -0.372 e. The van der Waals surface area contributed by atoms with Crippen molar-refractivity contribution in [3.8, 4) is 0 Å². The Balaban J connectivity index is 1.76. The molecule has 2 atom stereocenters. The minimum atomic E-state index is 0.116. The minimum absolute atomic E-state index is 0.116. The summed E-state index contributed by atoms with van der Waals surface area (Å²) in [7, 11) is 0. The van der Waals surface area contributed by atoms with Crippen molar-refractivity contribution in [2.75, 3.05) is 23.3 Å². The fourth-order valence-electron chi connectivity index (χ4n) is 3.32. The smallest absolute Gasteiger partial charge is 0.229 e. The summed E-state index contributed by atoms with van der Waals surface area (Å²) in [6.45, 7) is 7.57. The molecule has 2 aromatic heterocycles. The number of anilines is 3. The second-order valence-corrected chi connectivity index (χ2v) is 7.28. The van der Waals surface area contributed by atoms with Crippen LogP contribution in [0.15, 0.2) is 30.6 Å². The molecule has 0 bridgehead atoms. The molecule has 140 valence electrons. The molecule has 1 saturated heterocycles. The average molecular weight is 385 g/mol. The van der Waals surface area contributed by atoms with Crippen molar-refractivity contribution < 1.29 is 4.74 Å². The van der Waals surface area contributed by atoms with Crippen LogP contribution in [0.5, 0.6) is 0 Å². The molecule has 8 heteroatoms. The molecule has 0 radical (unpaired) electrons. The van der Waals surface area contributed by atoms with Gasteiger partial charge < -0.3 is 15.0 Å². The number of hydrogen-bond donors (Lipinski definition) is 1. The molecule has 0 saturated carbocycles. The van der Waals surface area contributed by atoms with Crippen LogP contribution in [0.1, 0.15) is 19.4 Å². The molecule has 0 unspecified atom stereocenters. The Morgan fingerprint density at radius 3 is 2.59 bits per heavy atom. The summed E-state index contributed by atoms with van der Waals surface area (Å²) in [5, 5.41) is 4.07. The Labute approximate surface area is 162 Å². The van der Waals surface area contributed by atoms with Crippen LogP contribution in [-0.4, -0.2) is 45.2 Å². The standard InChI is InChI=1S/C19H21ClN6O/c1-11-8-14(20)4-5-15(11)23-18-16-17(22-7-6-21-16)24-19(25-18)26-9-12(2)27-13(3)10-26/h4-8,12-13H,9-10H2,1-3H3,(H,22,23,24,25)/t12-,13-/m0/s1. The number of nitrogens with zero attached hydrogens (tertiary/aromatic N) is 5. The van der Waals surface area contributed by atoms with Gasteiger partial charge in [-0.1, -0.05) is 11.6 Å². The number of benzene rings is 1. The van der Waals surface area contributed by atoms with Gasteiger partial charge in [-0.15, -0.1) is 0 Å². The van der Waals surface area contributed by atoms with E-state index in [0.717, 1.165) is 24.3 Å². The Bertz CT molecular complexity index is 972. The zero-order valence-electron chi connectivity index (χ0n) is 15.5. The summed E-state index contributed by atoms with van der Waals surface area (Å²) >= 11 is 6.07. The molecule has 0 amide bonds. The van der Waals surface area contributed by atoms with Crippen LogP contribution < -0.4 is 10.2 Å². The van der Waals surface area contributed by atoms with E-state index >= 15 is 0 Å². The van der Waals surface area contributed by atoms with Crippen molar-refractivity contribution in [3.05, 3.63) is 41.2 Å². The van der Waals surface area contributed by atoms with Crippen LogP contribution in [0.2, 0.25) is 5.02 Å². The van der Waals surface area contributed by atoms with Crippen LogP contribution in [-0.2, 0) is 4.74 Å². The summed E-state index contributed by atoms with van der Waals surface area (Å²) in [5.41, 5.74) is 3.13. The fraction of sp³-hybridized carbons (Fsp3) is 0.368. The largest absolute Gasteiger partial charge is 0.372 e. The normalized spacial score (nSPS) is 20.1. The number of hydrogen-bond acceptors (Lipinski definition) is 7. The van der Waals surface area contributed by atoms with Crippen molar-refractivity contribution in [2.24, 2.45) is 0 Å². The number of aryl methyl sites for hydroxylation is 1. The predicted octanol–water partition coefficient (Wildman–Crippen LogP) is 3.74. The van der Waals surface area contributed by atoms with Crippen molar-refractivity contribution in [1.82, 2.24) is 19.9 Å². The third kappa shape index (κ3) is 3.79. The lowest BCUT2D eigenvalue weighted by atomic mass is 10.2.